The van der Waals surface area contributed by atoms with E-state index in [1.165, 1.54) is 6.92 Å². The molecule has 0 saturated carbocycles. The molecule has 7 amide bonds. The van der Waals surface area contributed by atoms with Gasteiger partial charge in [-0.1, -0.05) is 66.7 Å². The number of carbonyl (C=O) groups is 7. The zero-order valence-electron chi connectivity index (χ0n) is 41.5. The molecule has 5 aromatic rings. The van der Waals surface area contributed by atoms with Crippen molar-refractivity contribution in [1.82, 2.24) is 41.9 Å². The average molecular weight is 1020 g/mol. The third kappa shape index (κ3) is 17.7. The van der Waals surface area contributed by atoms with Crippen LogP contribution in [0, 0.1) is 0 Å². The maximum Gasteiger partial charge on any atom is 0.243 e. The van der Waals surface area contributed by atoms with Crippen LogP contribution in [-0.2, 0) is 52.8 Å². The third-order valence-electron chi connectivity index (χ3n) is 12.2. The molecule has 23 nitrogen and oxygen atoms in total. The van der Waals surface area contributed by atoms with E-state index in [0.29, 0.717) is 36.9 Å². The molecule has 6 atom stereocenters. The Labute approximate surface area is 428 Å². The first-order valence-corrected chi connectivity index (χ1v) is 24.6. The monoisotopic (exact) mass is 1020 g/mol. The fraction of sp³-hybridized carbons (Fsp3) is 0.392. The number of fused-ring (bicyclic) bond motifs is 2. The molecule has 0 aliphatic rings. The Kier molecular flexibility index (Phi) is 21.8. The van der Waals surface area contributed by atoms with Gasteiger partial charge in [0.1, 0.15) is 36.3 Å². The third-order valence-corrected chi connectivity index (χ3v) is 12.2. The maximum atomic E-state index is 14.8. The summed E-state index contributed by atoms with van der Waals surface area (Å²) in [4.78, 5) is 111. The minimum Gasteiger partial charge on any atom is -0.370 e. The van der Waals surface area contributed by atoms with E-state index in [4.69, 9.17) is 34.4 Å². The van der Waals surface area contributed by atoms with Gasteiger partial charge in [-0.15, -0.1) is 0 Å². The van der Waals surface area contributed by atoms with Crippen LogP contribution >= 0.6 is 0 Å². The van der Waals surface area contributed by atoms with E-state index in [1.807, 2.05) is 48.5 Å². The molecule has 0 radical (unpaired) electrons. The number of carbonyl (C=O) groups excluding carboxylic acids is 7. The number of unbranched alkanes of at least 4 members (excludes halogenated alkanes) is 1. The number of aromatic amines is 2. The largest absolute Gasteiger partial charge is 0.370 e. The highest BCUT2D eigenvalue weighted by Crippen LogP contribution is 2.21. The molecule has 5 rings (SSSR count). The first-order valence-electron chi connectivity index (χ1n) is 24.6. The van der Waals surface area contributed by atoms with Crippen LogP contribution in [0.2, 0.25) is 0 Å². The van der Waals surface area contributed by atoms with Crippen molar-refractivity contribution in [2.45, 2.75) is 107 Å². The molecule has 20 N–H and O–H groups in total. The highest BCUT2D eigenvalue weighted by atomic mass is 16.2. The molecular weight excluding hydrogens is 949 g/mol. The molecular formula is C51H70N16O7. The number of rotatable bonds is 30. The smallest absolute Gasteiger partial charge is 0.243 e. The molecule has 396 valence electrons. The number of guanidine groups is 2. The highest BCUT2D eigenvalue weighted by Gasteiger charge is 2.34. The summed E-state index contributed by atoms with van der Waals surface area (Å²) < 4.78 is 0. The van der Waals surface area contributed by atoms with Gasteiger partial charge in [-0.2, -0.15) is 0 Å². The van der Waals surface area contributed by atoms with E-state index >= 15 is 0 Å². The van der Waals surface area contributed by atoms with Gasteiger partial charge in [0.15, 0.2) is 11.9 Å². The first-order chi connectivity index (χ1) is 35.5. The number of nitrogens with one attached hydrogen (secondary N) is 8. The summed E-state index contributed by atoms with van der Waals surface area (Å²) in [5, 5.41) is 18.2. The van der Waals surface area contributed by atoms with Gasteiger partial charge in [-0.25, -0.2) is 0 Å². The standard InChI is InChI=1S/C51H70N16O7/c1-30(68)62-38(20-11-23-58-50(54)55)45(70)63-39(19-9-10-22-52)46(71)67-43(27-33-29-61-37-18-8-6-16-35(33)37)49(74)64-40(21-12-24-59-51(56)57)47(72)66-42(25-31-13-3-2-4-14-31)48(73)65-41(44(53)69)26-32-28-60-36-17-7-5-15-34(32)36/h2-8,13-18,28-29,38-43,60-61H,9-12,19-27,52H2,1H3,(H2,53,69)(H,62,68)(H,63,70)(H,64,74)(H,65,73)(H,66,72)(H,67,71)(H4,54,55,58)(H4,56,57,59)/t38-,39-,40-,41-,42-,43-/m0/s1. The van der Waals surface area contributed by atoms with Gasteiger partial charge >= 0.3 is 0 Å². The zero-order chi connectivity index (χ0) is 53.6. The number of benzene rings is 3. The van der Waals surface area contributed by atoms with Crippen LogP contribution in [0.5, 0.6) is 0 Å². The van der Waals surface area contributed by atoms with Gasteiger partial charge in [-0.05, 0) is 80.3 Å². The average Bonchev–Trinajstić information content (AvgIpc) is 3.98. The van der Waals surface area contributed by atoms with E-state index < -0.39 is 77.6 Å². The Hall–Kier alpha value is -8.47. The van der Waals surface area contributed by atoms with E-state index in [1.54, 1.807) is 42.7 Å². The van der Waals surface area contributed by atoms with Crippen LogP contribution in [0.15, 0.2) is 101 Å². The van der Waals surface area contributed by atoms with Crippen LogP contribution in [0.25, 0.3) is 21.8 Å². The van der Waals surface area contributed by atoms with Gasteiger partial charge in [0.2, 0.25) is 41.4 Å². The first kappa shape index (κ1) is 56.4. The number of aliphatic imine (C=N–C) groups is 2. The molecule has 74 heavy (non-hydrogen) atoms. The topological polar surface area (TPSA) is 404 Å². The number of primary amides is 1. The van der Waals surface area contributed by atoms with Gasteiger partial charge in [0.25, 0.3) is 0 Å². The fourth-order valence-corrected chi connectivity index (χ4v) is 8.45. The number of nitrogens with two attached hydrogens (primary N) is 6. The van der Waals surface area contributed by atoms with E-state index in [0.717, 1.165) is 27.4 Å². The number of aromatic nitrogens is 2. The van der Waals surface area contributed by atoms with Crippen molar-refractivity contribution in [2.24, 2.45) is 44.4 Å². The summed E-state index contributed by atoms with van der Waals surface area (Å²) in [7, 11) is 0. The summed E-state index contributed by atoms with van der Waals surface area (Å²) in [6.07, 6.45) is 5.10. The molecule has 0 aliphatic heterocycles. The summed E-state index contributed by atoms with van der Waals surface area (Å²) in [5.74, 6) is -5.21. The second kappa shape index (κ2) is 28.5. The zero-order valence-corrected chi connectivity index (χ0v) is 41.5. The minimum absolute atomic E-state index is 0.0127. The number of hydrogen-bond acceptors (Lipinski definition) is 10. The van der Waals surface area contributed by atoms with Crippen molar-refractivity contribution in [3.05, 3.63) is 108 Å². The van der Waals surface area contributed by atoms with Crippen LogP contribution in [-0.4, -0.2) is 119 Å². The van der Waals surface area contributed by atoms with Gasteiger partial charge < -0.3 is 76.3 Å². The van der Waals surface area contributed by atoms with Crippen molar-refractivity contribution < 1.29 is 33.6 Å². The molecule has 2 heterocycles. The lowest BCUT2D eigenvalue weighted by molar-refractivity contribution is -0.135. The Morgan fingerprint density at radius 1 is 0.473 bits per heavy atom. The van der Waals surface area contributed by atoms with E-state index in [-0.39, 0.29) is 70.0 Å². The Bertz CT molecular complexity index is 2750. The highest BCUT2D eigenvalue weighted by molar-refractivity contribution is 5.98. The van der Waals surface area contributed by atoms with Crippen molar-refractivity contribution in [2.75, 3.05) is 19.6 Å². The number of H-pyrrole nitrogens is 2. The Balaban J connectivity index is 1.44. The normalized spacial score (nSPS) is 13.5. The molecule has 3 aromatic carbocycles. The van der Waals surface area contributed by atoms with Gasteiger partial charge in [0, 0.05) is 73.5 Å². The van der Waals surface area contributed by atoms with E-state index in [9.17, 15) is 33.6 Å². The predicted molar refractivity (Wildman–Crippen MR) is 283 cm³/mol. The number of hydrogen-bond donors (Lipinski definition) is 14. The molecule has 0 bridgehead atoms. The number of para-hydroxylation sites is 2. The summed E-state index contributed by atoms with van der Waals surface area (Å²) in [6.45, 7) is 1.84. The number of nitrogens with zero attached hydrogens (tertiary/aromatic N) is 2. The molecule has 2 aromatic heterocycles. The molecule has 0 unspecified atom stereocenters. The Morgan fingerprint density at radius 3 is 1.32 bits per heavy atom. The molecule has 0 fully saturated rings. The summed E-state index contributed by atoms with van der Waals surface area (Å²) >= 11 is 0. The van der Waals surface area contributed by atoms with Crippen molar-refractivity contribution in [1.29, 1.82) is 0 Å². The van der Waals surface area contributed by atoms with Gasteiger partial charge in [-0.3, -0.25) is 43.5 Å². The van der Waals surface area contributed by atoms with Crippen molar-refractivity contribution >= 4 is 75.1 Å². The maximum absolute atomic E-state index is 14.8. The molecule has 23 heteroatoms. The summed E-state index contributed by atoms with van der Waals surface area (Å²) in [5.41, 5.74) is 37.4. The van der Waals surface area contributed by atoms with Crippen LogP contribution in [0.1, 0.15) is 68.6 Å². The quantitative estimate of drug-likeness (QED) is 0.0155. The van der Waals surface area contributed by atoms with Crippen LogP contribution in [0.4, 0.5) is 0 Å². The second-order valence-electron chi connectivity index (χ2n) is 18.0. The minimum atomic E-state index is -1.35. The van der Waals surface area contributed by atoms with Crippen LogP contribution in [0.3, 0.4) is 0 Å². The molecule has 0 aliphatic carbocycles. The molecule has 0 spiro atoms. The Morgan fingerprint density at radius 2 is 0.865 bits per heavy atom. The lowest BCUT2D eigenvalue weighted by Crippen LogP contribution is -2.60. The van der Waals surface area contributed by atoms with Crippen molar-refractivity contribution in [3.63, 3.8) is 0 Å². The van der Waals surface area contributed by atoms with Gasteiger partial charge in [0.05, 0.1) is 0 Å². The van der Waals surface area contributed by atoms with Crippen LogP contribution < -0.4 is 66.3 Å². The fourth-order valence-electron chi connectivity index (χ4n) is 8.45. The lowest BCUT2D eigenvalue weighted by atomic mass is 10.0. The van der Waals surface area contributed by atoms with Crippen molar-refractivity contribution in [3.8, 4) is 0 Å². The second-order valence-corrected chi connectivity index (χ2v) is 18.0. The SMILES string of the molecule is CC(=O)N[C@@H](CCCN=C(N)N)C(=O)N[C@@H](CCCCN)C(=O)N[C@@H](Cc1c[nH]c2ccccc12)C(=O)N[C@@H](CCCN=C(N)N)C(=O)N[C@@H](Cc1ccccc1)C(=O)N[C@@H](Cc1c[nH]c2ccccc12)C(N)=O. The summed E-state index contributed by atoms with van der Waals surface area (Å²) in [6, 6.07) is 16.4. The number of amides is 7. The predicted octanol–water partition coefficient (Wildman–Crippen LogP) is -0.673. The molecule has 0 saturated heterocycles. The van der Waals surface area contributed by atoms with E-state index in [2.05, 4.69) is 51.9 Å². The lowest BCUT2D eigenvalue weighted by Gasteiger charge is -2.28.